The normalized spacial score (nSPS) is 11.0. The van der Waals surface area contributed by atoms with Crippen LogP contribution in [0, 0.1) is 0 Å². The van der Waals surface area contributed by atoms with Gasteiger partial charge in [-0.25, -0.2) is 10.5 Å². The quantitative estimate of drug-likeness (QED) is 0.322. The van der Waals surface area contributed by atoms with E-state index in [-0.39, 0.29) is 5.75 Å². The second-order valence-corrected chi connectivity index (χ2v) is 6.56. The van der Waals surface area contributed by atoms with Crippen LogP contribution in [0.15, 0.2) is 52.7 Å². The second-order valence-electron chi connectivity index (χ2n) is 5.18. The molecule has 0 bridgehead atoms. The number of ether oxygens (including phenoxy) is 1. The number of methoxy groups -OCH3 is 1. The van der Waals surface area contributed by atoms with Crippen LogP contribution in [-0.2, 0) is 5.75 Å². The van der Waals surface area contributed by atoms with Gasteiger partial charge in [-0.2, -0.15) is 10.1 Å². The molecule has 0 amide bonds. The minimum atomic E-state index is 0.105. The lowest BCUT2D eigenvalue weighted by Gasteiger charge is -2.02. The third-order valence-electron chi connectivity index (χ3n) is 3.35. The van der Waals surface area contributed by atoms with Crippen molar-refractivity contribution in [3.05, 3.63) is 58.6 Å². The van der Waals surface area contributed by atoms with Gasteiger partial charge in [0, 0.05) is 16.3 Å². The molecular weight excluding hydrogens is 374 g/mol. The number of aromatic nitrogens is 3. The van der Waals surface area contributed by atoms with Crippen molar-refractivity contribution in [2.75, 3.05) is 12.5 Å². The Morgan fingerprint density at radius 2 is 2.12 bits per heavy atom. The standard InChI is InChI=1S/C17H16ClN5O2S/c1-25-14-6-7-15(24)12(8-14)9-19-21-16-20-17(23-22-16)26-10-11-2-4-13(18)5-3-11/h2-9,24H,10H2,1H3,(H2,20,21,22,23)/b19-9+. The maximum absolute atomic E-state index is 9.81. The molecule has 0 radical (unpaired) electrons. The molecule has 3 aromatic rings. The first-order chi connectivity index (χ1) is 12.6. The molecule has 0 saturated carbocycles. The number of hydrazone groups is 1. The number of anilines is 1. The molecule has 0 atom stereocenters. The highest BCUT2D eigenvalue weighted by Gasteiger charge is 2.04. The van der Waals surface area contributed by atoms with E-state index in [4.69, 9.17) is 16.3 Å². The van der Waals surface area contributed by atoms with Crippen LogP contribution in [0.4, 0.5) is 5.95 Å². The average molecular weight is 390 g/mol. The number of rotatable bonds is 7. The molecule has 0 aliphatic carbocycles. The van der Waals surface area contributed by atoms with Gasteiger partial charge in [0.05, 0.1) is 13.3 Å². The van der Waals surface area contributed by atoms with E-state index in [9.17, 15) is 5.11 Å². The van der Waals surface area contributed by atoms with Gasteiger partial charge in [-0.1, -0.05) is 35.5 Å². The number of thioether (sulfide) groups is 1. The van der Waals surface area contributed by atoms with E-state index in [1.165, 1.54) is 18.0 Å². The van der Waals surface area contributed by atoms with Crippen molar-refractivity contribution in [2.45, 2.75) is 10.9 Å². The molecule has 0 aliphatic rings. The molecule has 9 heteroatoms. The minimum absolute atomic E-state index is 0.105. The first-order valence-corrected chi connectivity index (χ1v) is 8.96. The summed E-state index contributed by atoms with van der Waals surface area (Å²) in [6.45, 7) is 0. The Morgan fingerprint density at radius 3 is 2.88 bits per heavy atom. The molecule has 134 valence electrons. The highest BCUT2D eigenvalue weighted by Crippen LogP contribution is 2.22. The van der Waals surface area contributed by atoms with E-state index < -0.39 is 0 Å². The Hall–Kier alpha value is -2.71. The fraction of sp³-hybridized carbons (Fsp3) is 0.118. The molecule has 3 N–H and O–H groups in total. The number of nitrogens with one attached hydrogen (secondary N) is 2. The first-order valence-electron chi connectivity index (χ1n) is 7.60. The van der Waals surface area contributed by atoms with Gasteiger partial charge in [0.25, 0.3) is 0 Å². The third-order valence-corrected chi connectivity index (χ3v) is 4.53. The maximum atomic E-state index is 9.81. The molecule has 0 aliphatic heterocycles. The summed E-state index contributed by atoms with van der Waals surface area (Å²) >= 11 is 7.36. The van der Waals surface area contributed by atoms with Crippen molar-refractivity contribution in [1.82, 2.24) is 15.2 Å². The zero-order chi connectivity index (χ0) is 18.4. The van der Waals surface area contributed by atoms with Crippen molar-refractivity contribution in [3.8, 4) is 11.5 Å². The van der Waals surface area contributed by atoms with E-state index in [0.717, 1.165) is 11.3 Å². The van der Waals surface area contributed by atoms with Gasteiger partial charge in [0.2, 0.25) is 11.1 Å². The van der Waals surface area contributed by atoms with Gasteiger partial charge < -0.3 is 9.84 Å². The summed E-state index contributed by atoms with van der Waals surface area (Å²) in [6, 6.07) is 12.5. The maximum Gasteiger partial charge on any atom is 0.240 e. The van der Waals surface area contributed by atoms with E-state index in [2.05, 4.69) is 25.7 Å². The average Bonchev–Trinajstić information content (AvgIpc) is 3.10. The molecular formula is C17H16ClN5O2S. The molecule has 0 fully saturated rings. The van der Waals surface area contributed by atoms with Crippen molar-refractivity contribution in [1.29, 1.82) is 0 Å². The van der Waals surface area contributed by atoms with Crippen LogP contribution >= 0.6 is 23.4 Å². The van der Waals surface area contributed by atoms with Gasteiger partial charge in [-0.3, -0.25) is 0 Å². The monoisotopic (exact) mass is 389 g/mol. The third kappa shape index (κ3) is 4.90. The molecule has 3 rings (SSSR count). The van der Waals surface area contributed by atoms with Crippen LogP contribution in [0.3, 0.4) is 0 Å². The van der Waals surface area contributed by atoms with Crippen molar-refractivity contribution < 1.29 is 9.84 Å². The number of phenols is 1. The number of aromatic hydroxyl groups is 1. The summed E-state index contributed by atoms with van der Waals surface area (Å²) in [5.41, 5.74) is 4.39. The van der Waals surface area contributed by atoms with Crippen LogP contribution in [0.25, 0.3) is 0 Å². The van der Waals surface area contributed by atoms with Crippen LogP contribution < -0.4 is 10.2 Å². The van der Waals surface area contributed by atoms with Gasteiger partial charge in [0.1, 0.15) is 11.5 Å². The SMILES string of the molecule is COc1ccc(O)c(/C=N/Nc2nc(SCc3ccc(Cl)cc3)n[nH]2)c1. The molecule has 1 aromatic heterocycles. The van der Waals surface area contributed by atoms with E-state index in [1.54, 1.807) is 25.3 Å². The number of benzene rings is 2. The summed E-state index contributed by atoms with van der Waals surface area (Å²) in [5.74, 6) is 1.87. The van der Waals surface area contributed by atoms with Gasteiger partial charge in [-0.05, 0) is 35.9 Å². The molecule has 0 spiro atoms. The van der Waals surface area contributed by atoms with Gasteiger partial charge >= 0.3 is 0 Å². The predicted octanol–water partition coefficient (Wildman–Crippen LogP) is 3.91. The molecule has 2 aromatic carbocycles. The summed E-state index contributed by atoms with van der Waals surface area (Å²) < 4.78 is 5.12. The molecule has 0 saturated heterocycles. The largest absolute Gasteiger partial charge is 0.507 e. The Kier molecular flexibility index (Phi) is 5.98. The lowest BCUT2D eigenvalue weighted by atomic mass is 10.2. The van der Waals surface area contributed by atoms with Crippen molar-refractivity contribution in [3.63, 3.8) is 0 Å². The number of hydrogen-bond acceptors (Lipinski definition) is 7. The Morgan fingerprint density at radius 1 is 1.31 bits per heavy atom. The first kappa shape index (κ1) is 18.1. The lowest BCUT2D eigenvalue weighted by molar-refractivity contribution is 0.412. The Labute approximate surface area is 159 Å². The Balaban J connectivity index is 1.56. The van der Waals surface area contributed by atoms with Crippen LogP contribution in [-0.4, -0.2) is 33.6 Å². The minimum Gasteiger partial charge on any atom is -0.507 e. The number of hydrogen-bond donors (Lipinski definition) is 3. The summed E-state index contributed by atoms with van der Waals surface area (Å²) in [6.07, 6.45) is 1.47. The van der Waals surface area contributed by atoms with E-state index in [1.807, 2.05) is 24.3 Å². The number of aromatic amines is 1. The number of H-pyrrole nitrogens is 1. The highest BCUT2D eigenvalue weighted by atomic mass is 35.5. The number of halogens is 1. The van der Waals surface area contributed by atoms with E-state index in [0.29, 0.717) is 27.4 Å². The summed E-state index contributed by atoms with van der Waals surface area (Å²) in [7, 11) is 1.56. The van der Waals surface area contributed by atoms with Gasteiger partial charge in [-0.15, -0.1) is 5.10 Å². The topological polar surface area (TPSA) is 95.4 Å². The van der Waals surface area contributed by atoms with Crippen molar-refractivity contribution in [2.24, 2.45) is 5.10 Å². The van der Waals surface area contributed by atoms with Crippen LogP contribution in [0.1, 0.15) is 11.1 Å². The molecule has 1 heterocycles. The van der Waals surface area contributed by atoms with Crippen LogP contribution in [0.5, 0.6) is 11.5 Å². The highest BCUT2D eigenvalue weighted by molar-refractivity contribution is 7.98. The van der Waals surface area contributed by atoms with E-state index >= 15 is 0 Å². The number of phenolic OH excluding ortho intramolecular Hbond substituents is 1. The lowest BCUT2D eigenvalue weighted by Crippen LogP contribution is -1.93. The molecule has 26 heavy (non-hydrogen) atoms. The summed E-state index contributed by atoms with van der Waals surface area (Å²) in [5, 5.41) is 22.0. The zero-order valence-corrected chi connectivity index (χ0v) is 15.4. The number of nitrogens with zero attached hydrogens (tertiary/aromatic N) is 3. The van der Waals surface area contributed by atoms with Gasteiger partial charge in [0.15, 0.2) is 0 Å². The fourth-order valence-electron chi connectivity index (χ4n) is 2.02. The molecule has 0 unspecified atom stereocenters. The van der Waals surface area contributed by atoms with Crippen LogP contribution in [0.2, 0.25) is 5.02 Å². The predicted molar refractivity (Wildman–Crippen MR) is 103 cm³/mol. The molecule has 7 nitrogen and oxygen atoms in total. The zero-order valence-electron chi connectivity index (χ0n) is 13.8. The fourth-order valence-corrected chi connectivity index (χ4v) is 2.90. The Bertz CT molecular complexity index is 898. The van der Waals surface area contributed by atoms with Crippen molar-refractivity contribution >= 4 is 35.5 Å². The smallest absolute Gasteiger partial charge is 0.240 e. The summed E-state index contributed by atoms with van der Waals surface area (Å²) in [4.78, 5) is 4.29. The second kappa shape index (κ2) is 8.59.